The molecular weight excluding hydrogens is 409 g/mol. The van der Waals surface area contributed by atoms with Crippen LogP contribution in [0.1, 0.15) is 25.6 Å². The molecule has 0 amide bonds. The van der Waals surface area contributed by atoms with Crippen molar-refractivity contribution in [1.82, 2.24) is 9.55 Å². The maximum Gasteiger partial charge on any atom is 0.416 e. The molecule has 0 radical (unpaired) electrons. The summed E-state index contributed by atoms with van der Waals surface area (Å²) in [5, 5.41) is 0. The molecule has 3 aliphatic heterocycles. The molecule has 0 saturated carbocycles. The van der Waals surface area contributed by atoms with Gasteiger partial charge in [0.05, 0.1) is 5.56 Å². The second-order valence-corrected chi connectivity index (χ2v) is 7.83. The Hall–Kier alpha value is -2.63. The number of nitrogens with one attached hydrogen (secondary N) is 1. The lowest BCUT2D eigenvalue weighted by Gasteiger charge is -2.23. The SMILES string of the molecule is CC1(C)O[C@@H]2[C@H](O1)[C@H]1COc3c(-c4ccc(C(F)(F)F)cc4)c(=O)[nH]c(=O)n3[C@@H]2O1. The topological polar surface area (TPSA) is 91.8 Å². The van der Waals surface area contributed by atoms with E-state index in [1.165, 1.54) is 0 Å². The zero-order valence-electron chi connectivity index (χ0n) is 15.9. The van der Waals surface area contributed by atoms with E-state index >= 15 is 0 Å². The van der Waals surface area contributed by atoms with Crippen molar-refractivity contribution in [2.45, 2.75) is 50.4 Å². The number of halogens is 3. The van der Waals surface area contributed by atoms with Gasteiger partial charge in [-0.15, -0.1) is 0 Å². The van der Waals surface area contributed by atoms with Crippen molar-refractivity contribution < 1.29 is 32.1 Å². The fraction of sp³-hybridized carbons (Fsp3) is 0.474. The molecule has 0 spiro atoms. The van der Waals surface area contributed by atoms with Crippen LogP contribution in [0.15, 0.2) is 33.9 Å². The van der Waals surface area contributed by atoms with Crippen molar-refractivity contribution in [3.05, 3.63) is 50.7 Å². The Kier molecular flexibility index (Phi) is 3.99. The van der Waals surface area contributed by atoms with Gasteiger partial charge >= 0.3 is 11.9 Å². The maximum atomic E-state index is 12.9. The summed E-state index contributed by atoms with van der Waals surface area (Å²) in [4.78, 5) is 27.4. The van der Waals surface area contributed by atoms with E-state index in [0.717, 1.165) is 28.8 Å². The number of H-pyrrole nitrogens is 1. The summed E-state index contributed by atoms with van der Waals surface area (Å²) in [5.41, 5.74) is -2.29. The minimum atomic E-state index is -4.51. The van der Waals surface area contributed by atoms with Crippen LogP contribution in [-0.2, 0) is 20.4 Å². The third-order valence-corrected chi connectivity index (χ3v) is 5.36. The van der Waals surface area contributed by atoms with Gasteiger partial charge in [0.1, 0.15) is 30.5 Å². The van der Waals surface area contributed by atoms with Gasteiger partial charge in [-0.1, -0.05) is 12.1 Å². The first-order valence-electron chi connectivity index (χ1n) is 9.25. The zero-order valence-corrected chi connectivity index (χ0v) is 15.9. The lowest BCUT2D eigenvalue weighted by molar-refractivity contribution is -0.195. The van der Waals surface area contributed by atoms with Crippen molar-refractivity contribution in [2.24, 2.45) is 0 Å². The first-order valence-corrected chi connectivity index (χ1v) is 9.25. The fourth-order valence-electron chi connectivity index (χ4n) is 4.15. The standard InChI is InChI=1S/C19H17F3N2O6/c1-18(2)29-12-10-7-27-15-11(8-3-5-9(6-4-8)19(20,21)22)14(25)23-17(26)24(15)16(28-10)13(12)30-18/h3-6,10,12-13,16H,7H2,1-2H3,(H,23,25,26)/t10-,12-,13-,16-/m1/s1. The molecule has 30 heavy (non-hydrogen) atoms. The van der Waals surface area contributed by atoms with E-state index in [9.17, 15) is 22.8 Å². The van der Waals surface area contributed by atoms with E-state index in [1.807, 2.05) is 0 Å². The van der Waals surface area contributed by atoms with Gasteiger partial charge in [0, 0.05) is 0 Å². The van der Waals surface area contributed by atoms with Crippen LogP contribution in [0.4, 0.5) is 13.2 Å². The van der Waals surface area contributed by atoms with Crippen LogP contribution in [0.25, 0.3) is 11.1 Å². The molecule has 160 valence electrons. The zero-order chi connectivity index (χ0) is 21.4. The Morgan fingerprint density at radius 2 is 1.77 bits per heavy atom. The summed E-state index contributed by atoms with van der Waals surface area (Å²) in [6.07, 6.45) is -7.06. The summed E-state index contributed by atoms with van der Waals surface area (Å²) in [6, 6.07) is 4.05. The molecule has 2 saturated heterocycles. The van der Waals surface area contributed by atoms with E-state index in [4.69, 9.17) is 18.9 Å². The van der Waals surface area contributed by atoms with E-state index in [0.29, 0.717) is 0 Å². The number of rotatable bonds is 1. The number of fused-ring (bicyclic) bond motifs is 7. The van der Waals surface area contributed by atoms with Gasteiger partial charge in [-0.25, -0.2) is 9.36 Å². The molecule has 0 unspecified atom stereocenters. The Morgan fingerprint density at radius 1 is 1.10 bits per heavy atom. The molecule has 3 aliphatic rings. The highest BCUT2D eigenvalue weighted by Gasteiger charge is 2.58. The van der Waals surface area contributed by atoms with Gasteiger partial charge in [0.15, 0.2) is 12.0 Å². The Morgan fingerprint density at radius 3 is 2.43 bits per heavy atom. The van der Waals surface area contributed by atoms with Gasteiger partial charge in [-0.3, -0.25) is 9.78 Å². The molecule has 2 fully saturated rings. The van der Waals surface area contributed by atoms with Crippen LogP contribution in [0.5, 0.6) is 5.88 Å². The number of hydrogen-bond donors (Lipinski definition) is 1. The van der Waals surface area contributed by atoms with Gasteiger partial charge in [-0.05, 0) is 31.5 Å². The molecule has 11 heteroatoms. The van der Waals surface area contributed by atoms with Crippen molar-refractivity contribution in [3.63, 3.8) is 0 Å². The highest BCUT2D eigenvalue weighted by molar-refractivity contribution is 5.68. The van der Waals surface area contributed by atoms with Crippen LogP contribution >= 0.6 is 0 Å². The number of aromatic nitrogens is 2. The van der Waals surface area contributed by atoms with E-state index in [-0.39, 0.29) is 23.6 Å². The molecule has 0 aliphatic carbocycles. The quantitative estimate of drug-likeness (QED) is 0.751. The number of nitrogens with zero attached hydrogens (tertiary/aromatic N) is 1. The van der Waals surface area contributed by atoms with Crippen LogP contribution in [0.3, 0.4) is 0 Å². The average molecular weight is 426 g/mol. The first-order chi connectivity index (χ1) is 14.0. The molecule has 4 atom stereocenters. The minimum absolute atomic E-state index is 0.0202. The summed E-state index contributed by atoms with van der Waals surface area (Å²) in [7, 11) is 0. The van der Waals surface area contributed by atoms with E-state index in [2.05, 4.69) is 4.98 Å². The monoisotopic (exact) mass is 426 g/mol. The van der Waals surface area contributed by atoms with Gasteiger partial charge in [0.2, 0.25) is 5.88 Å². The molecule has 2 aromatic rings. The maximum absolute atomic E-state index is 12.9. The Bertz CT molecular complexity index is 1120. The molecular formula is C19H17F3N2O6. The highest BCUT2D eigenvalue weighted by atomic mass is 19.4. The van der Waals surface area contributed by atoms with Crippen LogP contribution < -0.4 is 16.0 Å². The van der Waals surface area contributed by atoms with Crippen molar-refractivity contribution in [3.8, 4) is 17.0 Å². The number of aromatic amines is 1. The number of hydrogen-bond acceptors (Lipinski definition) is 6. The second-order valence-electron chi connectivity index (χ2n) is 7.83. The lowest BCUT2D eigenvalue weighted by atomic mass is 10.0. The highest BCUT2D eigenvalue weighted by Crippen LogP contribution is 2.46. The number of ether oxygens (including phenoxy) is 4. The van der Waals surface area contributed by atoms with Crippen molar-refractivity contribution in [1.29, 1.82) is 0 Å². The van der Waals surface area contributed by atoms with Gasteiger partial charge in [0.25, 0.3) is 5.56 Å². The van der Waals surface area contributed by atoms with E-state index < -0.39 is 53.3 Å². The normalized spacial score (nSPS) is 29.1. The largest absolute Gasteiger partial charge is 0.475 e. The summed E-state index contributed by atoms with van der Waals surface area (Å²) in [5.74, 6) is -0.968. The van der Waals surface area contributed by atoms with Crippen LogP contribution in [-0.4, -0.2) is 40.3 Å². The Labute approximate surface area is 167 Å². The van der Waals surface area contributed by atoms with Gasteiger partial charge < -0.3 is 18.9 Å². The predicted molar refractivity (Wildman–Crippen MR) is 95.0 cm³/mol. The third kappa shape index (κ3) is 2.88. The summed E-state index contributed by atoms with van der Waals surface area (Å²) >= 11 is 0. The number of alkyl halides is 3. The smallest absolute Gasteiger partial charge is 0.416 e. The van der Waals surface area contributed by atoms with Crippen molar-refractivity contribution >= 4 is 0 Å². The summed E-state index contributed by atoms with van der Waals surface area (Å²) in [6.45, 7) is 3.46. The molecule has 1 aromatic carbocycles. The molecule has 2 bridgehead atoms. The molecule has 1 aromatic heterocycles. The molecule has 8 nitrogen and oxygen atoms in total. The lowest BCUT2D eigenvalue weighted by Crippen LogP contribution is -2.40. The third-order valence-electron chi connectivity index (χ3n) is 5.36. The first kappa shape index (κ1) is 19.3. The predicted octanol–water partition coefficient (Wildman–Crippen LogP) is 2.03. The average Bonchev–Trinajstić information content (AvgIpc) is 3.03. The number of benzene rings is 1. The summed E-state index contributed by atoms with van der Waals surface area (Å²) < 4.78 is 63.2. The Balaban J connectivity index is 1.64. The van der Waals surface area contributed by atoms with Gasteiger partial charge in [-0.2, -0.15) is 13.2 Å². The van der Waals surface area contributed by atoms with Crippen LogP contribution in [0, 0.1) is 0 Å². The molecule has 1 N–H and O–H groups in total. The van der Waals surface area contributed by atoms with E-state index in [1.54, 1.807) is 13.8 Å². The van der Waals surface area contributed by atoms with Crippen LogP contribution in [0.2, 0.25) is 0 Å². The molecule has 4 heterocycles. The minimum Gasteiger partial charge on any atom is -0.475 e. The van der Waals surface area contributed by atoms with Crippen molar-refractivity contribution in [2.75, 3.05) is 6.61 Å². The molecule has 5 rings (SSSR count). The fourth-order valence-corrected chi connectivity index (χ4v) is 4.15. The second kappa shape index (κ2) is 6.19.